The van der Waals surface area contributed by atoms with Crippen LogP contribution in [-0.4, -0.2) is 44.1 Å². The number of ketones is 1. The Labute approximate surface area is 302 Å². The molecule has 0 bridgehead atoms. The second-order valence-corrected chi connectivity index (χ2v) is 19.1. The molecule has 0 aliphatic heterocycles. The summed E-state index contributed by atoms with van der Waals surface area (Å²) in [6, 6.07) is 5.65. The molecule has 2 aromatic rings. The molecule has 2 aromatic heterocycles. The molecule has 8 atom stereocenters. The number of nitrogens with zero attached hydrogens (tertiary/aromatic N) is 3. The van der Waals surface area contributed by atoms with E-state index in [0.717, 1.165) is 56.9 Å². The van der Waals surface area contributed by atoms with Crippen LogP contribution in [-0.2, 0) is 24.5 Å². The van der Waals surface area contributed by atoms with Gasteiger partial charge in [-0.1, -0.05) is 54.5 Å². The fourth-order valence-corrected chi connectivity index (χ4v) is 12.7. The zero-order chi connectivity index (χ0) is 36.9. The van der Waals surface area contributed by atoms with Gasteiger partial charge in [0.1, 0.15) is 11.8 Å². The first kappa shape index (κ1) is 36.0. The van der Waals surface area contributed by atoms with Gasteiger partial charge in [-0.15, -0.1) is 10.2 Å². The summed E-state index contributed by atoms with van der Waals surface area (Å²) in [5.74, 6) is 0.977. The third-order valence-corrected chi connectivity index (χ3v) is 15.5. The lowest BCUT2D eigenvalue weighted by atomic mass is 9.33. The lowest BCUT2D eigenvalue weighted by molar-refractivity contribution is -0.232. The first-order valence-corrected chi connectivity index (χ1v) is 19.3. The second-order valence-electron chi connectivity index (χ2n) is 19.1. The summed E-state index contributed by atoms with van der Waals surface area (Å²) in [6.45, 7) is 19.6. The highest BCUT2D eigenvalue weighted by Crippen LogP contribution is 2.76. The largest absolute Gasteiger partial charge is 0.481 e. The molecule has 5 aliphatic rings. The average molecular weight is 700 g/mol. The number of ether oxygens (including phenoxy) is 1. The quantitative estimate of drug-likeness (QED) is 0.282. The number of carboxylic acids is 1. The number of hydrogen-bond acceptors (Lipinski definition) is 8. The monoisotopic (exact) mass is 699 g/mol. The van der Waals surface area contributed by atoms with Gasteiger partial charge in [-0.25, -0.2) is 0 Å². The topological polar surface area (TPSA) is 132 Å². The van der Waals surface area contributed by atoms with Crippen molar-refractivity contribution < 1.29 is 28.6 Å². The third-order valence-electron chi connectivity index (χ3n) is 15.5. The lowest BCUT2D eigenvalue weighted by Gasteiger charge is -2.72. The Kier molecular flexibility index (Phi) is 8.35. The van der Waals surface area contributed by atoms with Crippen LogP contribution in [0.3, 0.4) is 0 Å². The van der Waals surface area contributed by atoms with Crippen LogP contribution in [0.2, 0.25) is 0 Å². The molecular weight excluding hydrogens is 642 g/mol. The maximum Gasteiger partial charge on any atom is 0.309 e. The number of hydrogen-bond donors (Lipinski definition) is 1. The van der Waals surface area contributed by atoms with Crippen molar-refractivity contribution in [3.8, 4) is 11.6 Å². The summed E-state index contributed by atoms with van der Waals surface area (Å²) in [7, 11) is 0. The van der Waals surface area contributed by atoms with E-state index in [1.165, 1.54) is 5.57 Å². The highest BCUT2D eigenvalue weighted by molar-refractivity contribution is 6.01. The van der Waals surface area contributed by atoms with Gasteiger partial charge in [0.05, 0.1) is 17.3 Å². The number of carbonyl (C=O) groups excluding carboxylic acids is 2. The molecule has 2 heterocycles. The standard InChI is InChI=1S/C42H57N3O6/c1-24(2)32-27(46)22-42(35-45-44-34(51-35)26-12-10-11-21-43-26)20-19-40(8)25(33(32)42)13-14-29-39(7)17-16-30(50-31(47)23-37(3,4)36(48)49)38(5,6)28(39)15-18-41(29,40)9/h10-12,21,24-25,28-30H,13-20,22-23H2,1-9H3,(H,48,49). The number of pyridine rings is 1. The molecule has 276 valence electrons. The first-order chi connectivity index (χ1) is 23.8. The molecule has 8 unspecified atom stereocenters. The Morgan fingerprint density at radius 3 is 2.37 bits per heavy atom. The number of esters is 1. The number of aliphatic carboxylic acids is 1. The van der Waals surface area contributed by atoms with Crippen LogP contribution in [0.1, 0.15) is 132 Å². The van der Waals surface area contributed by atoms with Gasteiger partial charge in [0.25, 0.3) is 5.89 Å². The molecule has 0 radical (unpaired) electrons. The first-order valence-electron chi connectivity index (χ1n) is 19.3. The fourth-order valence-electron chi connectivity index (χ4n) is 12.7. The van der Waals surface area contributed by atoms with Gasteiger partial charge in [0, 0.05) is 18.0 Å². The van der Waals surface area contributed by atoms with Crippen molar-refractivity contribution >= 4 is 17.7 Å². The van der Waals surface area contributed by atoms with Crippen LogP contribution in [0.25, 0.3) is 11.6 Å². The van der Waals surface area contributed by atoms with Crippen LogP contribution >= 0.6 is 0 Å². The molecule has 0 amide bonds. The number of rotatable bonds is 7. The minimum absolute atomic E-state index is 0.0206. The molecule has 7 rings (SSSR count). The van der Waals surface area contributed by atoms with Crippen molar-refractivity contribution in [3.63, 3.8) is 0 Å². The van der Waals surface area contributed by atoms with E-state index >= 15 is 0 Å². The van der Waals surface area contributed by atoms with Crippen LogP contribution in [0, 0.1) is 50.7 Å². The van der Waals surface area contributed by atoms with E-state index in [-0.39, 0.29) is 51.8 Å². The van der Waals surface area contributed by atoms with Gasteiger partial charge in [-0.3, -0.25) is 19.4 Å². The Hall–Kier alpha value is -3.36. The van der Waals surface area contributed by atoms with Crippen molar-refractivity contribution in [1.29, 1.82) is 0 Å². The highest BCUT2D eigenvalue weighted by atomic mass is 16.5. The van der Waals surface area contributed by atoms with Gasteiger partial charge in [-0.05, 0) is 128 Å². The Morgan fingerprint density at radius 1 is 0.961 bits per heavy atom. The van der Waals surface area contributed by atoms with Crippen LogP contribution in [0.4, 0.5) is 0 Å². The Bertz CT molecular complexity index is 1780. The minimum atomic E-state index is -1.16. The van der Waals surface area contributed by atoms with Crippen molar-refractivity contribution in [2.45, 2.75) is 138 Å². The van der Waals surface area contributed by atoms with Crippen LogP contribution in [0.5, 0.6) is 0 Å². The average Bonchev–Trinajstić information content (AvgIpc) is 3.67. The van der Waals surface area contributed by atoms with Crippen molar-refractivity contribution in [2.75, 3.05) is 0 Å². The Morgan fingerprint density at radius 2 is 1.71 bits per heavy atom. The van der Waals surface area contributed by atoms with Crippen LogP contribution < -0.4 is 0 Å². The van der Waals surface area contributed by atoms with Gasteiger partial charge < -0.3 is 14.3 Å². The summed E-state index contributed by atoms with van der Waals surface area (Å²) in [5.41, 5.74) is 1.01. The number of fused-ring (bicyclic) bond motifs is 7. The van der Waals surface area contributed by atoms with Gasteiger partial charge in [0.2, 0.25) is 5.89 Å². The molecule has 9 nitrogen and oxygen atoms in total. The number of carboxylic acid groups (broad SMARTS) is 1. The summed E-state index contributed by atoms with van der Waals surface area (Å²) >= 11 is 0. The molecule has 4 fully saturated rings. The zero-order valence-electron chi connectivity index (χ0n) is 32.1. The molecule has 1 N–H and O–H groups in total. The van der Waals surface area contributed by atoms with E-state index in [2.05, 4.69) is 63.6 Å². The normalized spacial score (nSPS) is 37.3. The summed E-state index contributed by atoms with van der Waals surface area (Å²) < 4.78 is 12.6. The van der Waals surface area contributed by atoms with E-state index in [1.807, 2.05) is 18.2 Å². The fraction of sp³-hybridized carbons (Fsp3) is 0.714. The van der Waals surface area contributed by atoms with E-state index < -0.39 is 22.8 Å². The molecule has 9 heteroatoms. The van der Waals surface area contributed by atoms with E-state index in [9.17, 15) is 19.5 Å². The van der Waals surface area contributed by atoms with E-state index in [4.69, 9.17) is 9.15 Å². The van der Waals surface area contributed by atoms with Gasteiger partial charge >= 0.3 is 11.9 Å². The second kappa shape index (κ2) is 11.8. The number of allylic oxidation sites excluding steroid dienone is 2. The lowest BCUT2D eigenvalue weighted by Crippen LogP contribution is -2.66. The molecule has 51 heavy (non-hydrogen) atoms. The molecule has 5 aliphatic carbocycles. The molecule has 4 saturated carbocycles. The van der Waals surface area contributed by atoms with E-state index in [0.29, 0.717) is 35.7 Å². The predicted octanol–water partition coefficient (Wildman–Crippen LogP) is 8.78. The number of aromatic nitrogens is 3. The van der Waals surface area contributed by atoms with Crippen molar-refractivity contribution in [3.05, 3.63) is 41.4 Å². The molecule has 0 saturated heterocycles. The SMILES string of the molecule is CC(C)C1=C2C3CCC4C5(C)CCC(OC(=O)CC(C)(C)C(=O)O)C(C)(C)C5CCC4(C)C3(C)CCC2(c2nnc(-c3ccccn3)o2)CC1=O. The highest BCUT2D eigenvalue weighted by Gasteiger charge is 2.71. The smallest absolute Gasteiger partial charge is 0.309 e. The summed E-state index contributed by atoms with van der Waals surface area (Å²) in [4.78, 5) is 43.4. The van der Waals surface area contributed by atoms with Gasteiger partial charge in [0.15, 0.2) is 5.78 Å². The molecule has 0 spiro atoms. The van der Waals surface area contributed by atoms with Crippen molar-refractivity contribution in [2.24, 2.45) is 50.7 Å². The maximum atomic E-state index is 14.1. The Balaban J connectivity index is 1.21. The molecule has 0 aromatic carbocycles. The summed E-state index contributed by atoms with van der Waals surface area (Å²) in [5, 5.41) is 18.7. The predicted molar refractivity (Wildman–Crippen MR) is 192 cm³/mol. The molecular formula is C42H57N3O6. The van der Waals surface area contributed by atoms with Gasteiger partial charge in [-0.2, -0.15) is 0 Å². The van der Waals surface area contributed by atoms with E-state index in [1.54, 1.807) is 20.0 Å². The maximum absolute atomic E-state index is 14.1. The van der Waals surface area contributed by atoms with Crippen molar-refractivity contribution in [1.82, 2.24) is 15.2 Å². The number of carbonyl (C=O) groups is 3. The number of Topliss-reactive ketones (excluding diaryl/α,β-unsaturated/α-hetero) is 1. The van der Waals surface area contributed by atoms with Crippen LogP contribution in [0.15, 0.2) is 40.0 Å². The summed E-state index contributed by atoms with van der Waals surface area (Å²) in [6.07, 6.45) is 9.51. The minimum Gasteiger partial charge on any atom is -0.481 e. The zero-order valence-corrected chi connectivity index (χ0v) is 32.1. The third kappa shape index (κ3) is 5.13.